The van der Waals surface area contributed by atoms with Crippen LogP contribution in [0.1, 0.15) is 43.7 Å². The summed E-state index contributed by atoms with van der Waals surface area (Å²) < 4.78 is 5.02. The largest absolute Gasteiger partial charge is 0.479 e. The van der Waals surface area contributed by atoms with Crippen LogP contribution in [0.25, 0.3) is 0 Å². The Labute approximate surface area is 156 Å². The SMILES string of the molecule is O=C(O)COC(=O)N(C1CC1)C1c2ccccc2N(C(=O)O)[C@@H]2CCC[C@H]12. The fraction of sp³-hybridized carbons (Fsp3) is 0.526. The number of fused-ring (bicyclic) bond motifs is 2. The van der Waals surface area contributed by atoms with Gasteiger partial charge in [-0.2, -0.15) is 0 Å². The zero-order valence-corrected chi connectivity index (χ0v) is 14.8. The third kappa shape index (κ3) is 3.09. The summed E-state index contributed by atoms with van der Waals surface area (Å²) in [6, 6.07) is 6.82. The Balaban J connectivity index is 1.75. The molecule has 2 aliphatic carbocycles. The van der Waals surface area contributed by atoms with Crippen molar-refractivity contribution in [1.29, 1.82) is 0 Å². The lowest BCUT2D eigenvalue weighted by molar-refractivity contribution is -0.140. The lowest BCUT2D eigenvalue weighted by Crippen LogP contribution is -2.52. The number of aliphatic carboxylic acids is 1. The summed E-state index contributed by atoms with van der Waals surface area (Å²) in [5, 5.41) is 18.6. The maximum absolute atomic E-state index is 12.8. The number of amides is 2. The Kier molecular flexibility index (Phi) is 4.41. The van der Waals surface area contributed by atoms with E-state index < -0.39 is 24.8 Å². The Hall–Kier alpha value is -2.77. The molecule has 2 amide bonds. The summed E-state index contributed by atoms with van der Waals surface area (Å²) >= 11 is 0. The van der Waals surface area contributed by atoms with E-state index in [0.29, 0.717) is 5.69 Å². The van der Waals surface area contributed by atoms with Crippen molar-refractivity contribution < 1.29 is 29.3 Å². The van der Waals surface area contributed by atoms with Crippen LogP contribution in [0.5, 0.6) is 0 Å². The third-order valence-corrected chi connectivity index (χ3v) is 5.76. The average molecular weight is 374 g/mol. The van der Waals surface area contributed by atoms with E-state index in [1.165, 1.54) is 4.90 Å². The quantitative estimate of drug-likeness (QED) is 0.839. The van der Waals surface area contributed by atoms with Crippen molar-refractivity contribution in [3.8, 4) is 0 Å². The predicted octanol–water partition coefficient (Wildman–Crippen LogP) is 3.08. The van der Waals surface area contributed by atoms with Gasteiger partial charge in [-0.15, -0.1) is 0 Å². The fourth-order valence-electron chi connectivity index (χ4n) is 4.67. The second kappa shape index (κ2) is 6.75. The van der Waals surface area contributed by atoms with Crippen LogP contribution in [0.4, 0.5) is 15.3 Å². The van der Waals surface area contributed by atoms with Crippen LogP contribution in [-0.4, -0.2) is 52.0 Å². The fourth-order valence-corrected chi connectivity index (χ4v) is 4.67. The minimum atomic E-state index is -1.20. The maximum Gasteiger partial charge on any atom is 0.412 e. The first kappa shape index (κ1) is 17.6. The van der Waals surface area contributed by atoms with Crippen molar-refractivity contribution >= 4 is 23.8 Å². The predicted molar refractivity (Wildman–Crippen MR) is 94.7 cm³/mol. The van der Waals surface area contributed by atoms with Gasteiger partial charge in [-0.3, -0.25) is 9.80 Å². The maximum atomic E-state index is 12.8. The summed E-state index contributed by atoms with van der Waals surface area (Å²) in [5.74, 6) is -1.21. The van der Waals surface area contributed by atoms with Crippen LogP contribution >= 0.6 is 0 Å². The van der Waals surface area contributed by atoms with Crippen LogP contribution < -0.4 is 4.90 Å². The van der Waals surface area contributed by atoms with Gasteiger partial charge in [0.25, 0.3) is 0 Å². The molecule has 1 aromatic carbocycles. The number of nitrogens with zero attached hydrogens (tertiary/aromatic N) is 2. The molecule has 1 unspecified atom stereocenters. The third-order valence-electron chi connectivity index (χ3n) is 5.76. The van der Waals surface area contributed by atoms with E-state index in [4.69, 9.17) is 9.84 Å². The van der Waals surface area contributed by atoms with Crippen LogP contribution in [0, 0.1) is 5.92 Å². The molecule has 1 heterocycles. The zero-order valence-electron chi connectivity index (χ0n) is 14.8. The number of carbonyl (C=O) groups is 3. The van der Waals surface area contributed by atoms with Crippen molar-refractivity contribution in [3.63, 3.8) is 0 Å². The highest BCUT2D eigenvalue weighted by Gasteiger charge is 2.52. The molecule has 8 heteroatoms. The molecular weight excluding hydrogens is 352 g/mol. The number of carbonyl (C=O) groups excluding carboxylic acids is 1. The standard InChI is InChI=1S/C19H22N2O6/c22-16(23)10-27-19(26)20(11-8-9-11)17-12-4-1-2-6-14(12)21(18(24)25)15-7-3-5-13(15)17/h1-2,4,6,11,13,15,17H,3,5,7-10H2,(H,22,23)(H,24,25)/t13-,15+,17?/m0/s1. The first-order chi connectivity index (χ1) is 13.0. The van der Waals surface area contributed by atoms with Gasteiger partial charge in [0, 0.05) is 18.0 Å². The molecule has 27 heavy (non-hydrogen) atoms. The Bertz CT molecular complexity index is 777. The molecule has 0 radical (unpaired) electrons. The van der Waals surface area contributed by atoms with Crippen molar-refractivity contribution in [2.45, 2.75) is 50.2 Å². The number of hydrogen-bond acceptors (Lipinski definition) is 4. The van der Waals surface area contributed by atoms with Crippen molar-refractivity contribution in [3.05, 3.63) is 29.8 Å². The molecule has 0 spiro atoms. The number of carboxylic acids is 1. The summed E-state index contributed by atoms with van der Waals surface area (Å²) in [6.45, 7) is -0.675. The van der Waals surface area contributed by atoms with Gasteiger partial charge >= 0.3 is 18.2 Å². The minimum absolute atomic E-state index is 0.0157. The second-order valence-electron chi connectivity index (χ2n) is 7.41. The van der Waals surface area contributed by atoms with Crippen LogP contribution in [0.15, 0.2) is 24.3 Å². The highest BCUT2D eigenvalue weighted by molar-refractivity contribution is 5.89. The van der Waals surface area contributed by atoms with Gasteiger partial charge in [0.15, 0.2) is 6.61 Å². The first-order valence-corrected chi connectivity index (χ1v) is 9.27. The molecule has 4 rings (SSSR count). The molecular formula is C19H22N2O6. The monoisotopic (exact) mass is 374 g/mol. The summed E-state index contributed by atoms with van der Waals surface area (Å²) in [5.41, 5.74) is 1.40. The number of ether oxygens (including phenoxy) is 1. The van der Waals surface area contributed by atoms with Crippen LogP contribution in [0.2, 0.25) is 0 Å². The van der Waals surface area contributed by atoms with E-state index in [1.54, 1.807) is 17.0 Å². The zero-order chi connectivity index (χ0) is 19.1. The molecule has 3 aliphatic rings. The van der Waals surface area contributed by atoms with Crippen LogP contribution in [-0.2, 0) is 9.53 Å². The number of para-hydroxylation sites is 1. The molecule has 8 nitrogen and oxygen atoms in total. The van der Waals surface area contributed by atoms with E-state index in [-0.39, 0.29) is 24.0 Å². The number of carboxylic acid groups (broad SMARTS) is 2. The molecule has 0 aromatic heterocycles. The van der Waals surface area contributed by atoms with Gasteiger partial charge in [-0.1, -0.05) is 24.6 Å². The van der Waals surface area contributed by atoms with Gasteiger partial charge in [-0.25, -0.2) is 14.4 Å². The average Bonchev–Trinajstić information content (AvgIpc) is 3.35. The smallest absolute Gasteiger partial charge is 0.412 e. The van der Waals surface area contributed by atoms with E-state index in [1.807, 2.05) is 12.1 Å². The Morgan fingerprint density at radius 3 is 2.52 bits per heavy atom. The summed E-state index contributed by atoms with van der Waals surface area (Å²) in [7, 11) is 0. The number of hydrogen-bond donors (Lipinski definition) is 2. The normalized spacial score (nSPS) is 26.1. The van der Waals surface area contributed by atoms with E-state index >= 15 is 0 Å². The Morgan fingerprint density at radius 2 is 1.85 bits per heavy atom. The second-order valence-corrected chi connectivity index (χ2v) is 7.41. The highest BCUT2D eigenvalue weighted by Crippen LogP contribution is 2.52. The molecule has 2 fully saturated rings. The summed E-state index contributed by atoms with van der Waals surface area (Å²) in [4.78, 5) is 38.6. The lowest BCUT2D eigenvalue weighted by Gasteiger charge is -2.46. The van der Waals surface area contributed by atoms with Gasteiger partial charge < -0.3 is 14.9 Å². The number of anilines is 1. The molecule has 1 aromatic rings. The van der Waals surface area contributed by atoms with Gasteiger partial charge in [0.1, 0.15) is 0 Å². The Morgan fingerprint density at radius 1 is 1.11 bits per heavy atom. The van der Waals surface area contributed by atoms with E-state index in [9.17, 15) is 19.5 Å². The van der Waals surface area contributed by atoms with Gasteiger partial charge in [0.2, 0.25) is 0 Å². The molecule has 144 valence electrons. The number of rotatable bonds is 4. The van der Waals surface area contributed by atoms with E-state index in [0.717, 1.165) is 37.7 Å². The molecule has 1 aliphatic heterocycles. The molecule has 2 saturated carbocycles. The van der Waals surface area contributed by atoms with Crippen molar-refractivity contribution in [2.75, 3.05) is 11.5 Å². The van der Waals surface area contributed by atoms with Gasteiger partial charge in [-0.05, 0) is 37.3 Å². The summed E-state index contributed by atoms with van der Waals surface area (Å²) in [6.07, 6.45) is 2.56. The lowest BCUT2D eigenvalue weighted by atomic mass is 9.82. The molecule has 0 saturated heterocycles. The van der Waals surface area contributed by atoms with E-state index in [2.05, 4.69) is 0 Å². The topological polar surface area (TPSA) is 107 Å². The van der Waals surface area contributed by atoms with Crippen molar-refractivity contribution in [2.24, 2.45) is 5.92 Å². The molecule has 0 bridgehead atoms. The van der Waals surface area contributed by atoms with Gasteiger partial charge in [0.05, 0.1) is 11.7 Å². The first-order valence-electron chi connectivity index (χ1n) is 9.27. The highest BCUT2D eigenvalue weighted by atomic mass is 16.6. The number of benzene rings is 1. The van der Waals surface area contributed by atoms with Crippen molar-refractivity contribution in [1.82, 2.24) is 4.90 Å². The molecule has 2 N–H and O–H groups in total. The van der Waals surface area contributed by atoms with Crippen LogP contribution in [0.3, 0.4) is 0 Å². The molecule has 3 atom stereocenters. The minimum Gasteiger partial charge on any atom is -0.479 e.